The summed E-state index contributed by atoms with van der Waals surface area (Å²) in [6.07, 6.45) is -3.28. The van der Waals surface area contributed by atoms with E-state index in [9.17, 15) is 18.3 Å². The smallest absolute Gasteiger partial charge is 0.390 e. The van der Waals surface area contributed by atoms with Crippen molar-refractivity contribution in [3.8, 4) is 0 Å². The van der Waals surface area contributed by atoms with Crippen molar-refractivity contribution in [1.29, 1.82) is 0 Å². The van der Waals surface area contributed by atoms with Crippen LogP contribution in [0.15, 0.2) is 30.3 Å². The van der Waals surface area contributed by atoms with Crippen LogP contribution in [0.1, 0.15) is 37.2 Å². The molecular weight excluding hydrogens is 279 g/mol. The molecule has 0 bridgehead atoms. The number of alkyl halides is 3. The number of hydrogen-bond acceptors (Lipinski definition) is 2. The molecule has 0 heterocycles. The zero-order valence-electron chi connectivity index (χ0n) is 12.2. The molecule has 1 aliphatic rings. The van der Waals surface area contributed by atoms with Crippen molar-refractivity contribution in [2.45, 2.75) is 49.9 Å². The van der Waals surface area contributed by atoms with Crippen LogP contribution < -0.4 is 0 Å². The zero-order chi connectivity index (χ0) is 15.5. The lowest BCUT2D eigenvalue weighted by Crippen LogP contribution is -2.46. The van der Waals surface area contributed by atoms with Crippen LogP contribution in [-0.2, 0) is 0 Å². The van der Waals surface area contributed by atoms with Crippen LogP contribution in [0.25, 0.3) is 0 Å². The van der Waals surface area contributed by atoms with Gasteiger partial charge in [0, 0.05) is 12.6 Å². The number of halogens is 3. The van der Waals surface area contributed by atoms with Crippen LogP contribution in [0.4, 0.5) is 13.2 Å². The Morgan fingerprint density at radius 2 is 1.86 bits per heavy atom. The van der Waals surface area contributed by atoms with Gasteiger partial charge in [0.25, 0.3) is 0 Å². The van der Waals surface area contributed by atoms with Gasteiger partial charge in [-0.1, -0.05) is 30.3 Å². The SMILES string of the molecule is CN(CCC(F)(F)F)C1CC(c2ccccc2)CCC1O. The van der Waals surface area contributed by atoms with Gasteiger partial charge in [0.1, 0.15) is 0 Å². The Balaban J connectivity index is 1.98. The molecule has 1 aromatic carbocycles. The molecule has 1 N–H and O–H groups in total. The van der Waals surface area contributed by atoms with Gasteiger partial charge in [-0.2, -0.15) is 13.2 Å². The summed E-state index contributed by atoms with van der Waals surface area (Å²) in [5.41, 5.74) is 1.21. The number of aliphatic hydroxyl groups excluding tert-OH is 1. The zero-order valence-corrected chi connectivity index (χ0v) is 12.2. The Morgan fingerprint density at radius 1 is 1.19 bits per heavy atom. The standard InChI is InChI=1S/C16H22F3NO/c1-20(10-9-16(17,18)19)14-11-13(7-8-15(14)21)12-5-3-2-4-6-12/h2-6,13-15,21H,7-11H2,1H3. The third-order valence-corrected chi connectivity index (χ3v) is 4.37. The first-order chi connectivity index (χ1) is 9.87. The molecule has 118 valence electrons. The molecular formula is C16H22F3NO. The second-order valence-electron chi connectivity index (χ2n) is 5.90. The third-order valence-electron chi connectivity index (χ3n) is 4.37. The molecule has 1 aromatic rings. The Kier molecular flexibility index (Phi) is 5.27. The molecule has 2 rings (SSSR count). The van der Waals surface area contributed by atoms with Crippen LogP contribution in [0, 0.1) is 0 Å². The number of nitrogens with zero attached hydrogens (tertiary/aromatic N) is 1. The largest absolute Gasteiger partial charge is 0.391 e. The van der Waals surface area contributed by atoms with Crippen molar-refractivity contribution in [2.75, 3.05) is 13.6 Å². The van der Waals surface area contributed by atoms with Gasteiger partial charge in [-0.3, -0.25) is 0 Å². The summed E-state index contributed by atoms with van der Waals surface area (Å²) in [4.78, 5) is 1.66. The maximum Gasteiger partial charge on any atom is 0.390 e. The van der Waals surface area contributed by atoms with Gasteiger partial charge in [0.2, 0.25) is 0 Å². The van der Waals surface area contributed by atoms with Gasteiger partial charge in [0.05, 0.1) is 12.5 Å². The first-order valence-corrected chi connectivity index (χ1v) is 7.37. The molecule has 1 fully saturated rings. The summed E-state index contributed by atoms with van der Waals surface area (Å²) in [6.45, 7) is -0.0628. The van der Waals surface area contributed by atoms with Crippen LogP contribution in [0.2, 0.25) is 0 Å². The summed E-state index contributed by atoms with van der Waals surface area (Å²) in [5, 5.41) is 10.1. The third kappa shape index (κ3) is 4.71. The molecule has 0 aromatic heterocycles. The molecule has 0 spiro atoms. The van der Waals surface area contributed by atoms with E-state index in [4.69, 9.17) is 0 Å². The summed E-state index contributed by atoms with van der Waals surface area (Å²) in [6, 6.07) is 9.80. The second-order valence-corrected chi connectivity index (χ2v) is 5.90. The lowest BCUT2D eigenvalue weighted by atomic mass is 9.79. The normalized spacial score (nSPS) is 27.0. The van der Waals surface area contributed by atoms with Gasteiger partial charge >= 0.3 is 6.18 Å². The fourth-order valence-electron chi connectivity index (χ4n) is 3.10. The highest BCUT2D eigenvalue weighted by Gasteiger charge is 2.34. The molecule has 21 heavy (non-hydrogen) atoms. The second kappa shape index (κ2) is 6.79. The Bertz CT molecular complexity index is 435. The minimum absolute atomic E-state index is 0.0628. The highest BCUT2D eigenvalue weighted by Crippen LogP contribution is 2.35. The minimum Gasteiger partial charge on any atom is -0.391 e. The topological polar surface area (TPSA) is 23.5 Å². The molecule has 3 unspecified atom stereocenters. The van der Waals surface area contributed by atoms with E-state index in [-0.39, 0.29) is 12.6 Å². The van der Waals surface area contributed by atoms with Crippen molar-refractivity contribution >= 4 is 0 Å². The summed E-state index contributed by atoms with van der Waals surface area (Å²) in [5.74, 6) is 0.313. The molecule has 0 aliphatic heterocycles. The van der Waals surface area contributed by atoms with Crippen LogP contribution >= 0.6 is 0 Å². The number of benzene rings is 1. The average molecular weight is 301 g/mol. The fraction of sp³-hybridized carbons (Fsp3) is 0.625. The van der Waals surface area contributed by atoms with E-state index in [1.165, 1.54) is 5.56 Å². The van der Waals surface area contributed by atoms with Crippen molar-refractivity contribution in [2.24, 2.45) is 0 Å². The lowest BCUT2D eigenvalue weighted by Gasteiger charge is -2.39. The lowest BCUT2D eigenvalue weighted by molar-refractivity contribution is -0.140. The molecule has 0 radical (unpaired) electrons. The van der Waals surface area contributed by atoms with Gasteiger partial charge < -0.3 is 10.0 Å². The van der Waals surface area contributed by atoms with Gasteiger partial charge in [-0.25, -0.2) is 0 Å². The molecule has 0 amide bonds. The number of hydrogen-bond donors (Lipinski definition) is 1. The first-order valence-electron chi connectivity index (χ1n) is 7.37. The van der Waals surface area contributed by atoms with E-state index in [0.29, 0.717) is 18.8 Å². The highest BCUT2D eigenvalue weighted by molar-refractivity contribution is 5.20. The van der Waals surface area contributed by atoms with Crippen LogP contribution in [0.3, 0.4) is 0 Å². The molecule has 2 nitrogen and oxygen atoms in total. The average Bonchev–Trinajstić information content (AvgIpc) is 2.45. The molecule has 1 aliphatic carbocycles. The van der Waals surface area contributed by atoms with Crippen molar-refractivity contribution in [1.82, 2.24) is 4.90 Å². The van der Waals surface area contributed by atoms with E-state index >= 15 is 0 Å². The summed E-state index contributed by atoms with van der Waals surface area (Å²) >= 11 is 0. The Hall–Kier alpha value is -1.07. The van der Waals surface area contributed by atoms with Gasteiger partial charge in [0.15, 0.2) is 0 Å². The van der Waals surface area contributed by atoms with Crippen LogP contribution in [0.5, 0.6) is 0 Å². The first kappa shape index (κ1) is 16.3. The fourth-order valence-corrected chi connectivity index (χ4v) is 3.10. The van der Waals surface area contributed by atoms with Gasteiger partial charge in [-0.15, -0.1) is 0 Å². The van der Waals surface area contributed by atoms with E-state index < -0.39 is 18.7 Å². The van der Waals surface area contributed by atoms with E-state index in [1.54, 1.807) is 11.9 Å². The monoisotopic (exact) mass is 301 g/mol. The molecule has 0 saturated heterocycles. The van der Waals surface area contributed by atoms with Crippen molar-refractivity contribution < 1.29 is 18.3 Å². The van der Waals surface area contributed by atoms with E-state index in [0.717, 1.165) is 6.42 Å². The predicted octanol–water partition coefficient (Wildman–Crippen LogP) is 3.57. The Morgan fingerprint density at radius 3 is 2.48 bits per heavy atom. The van der Waals surface area contributed by atoms with Crippen molar-refractivity contribution in [3.05, 3.63) is 35.9 Å². The summed E-state index contributed by atoms with van der Waals surface area (Å²) in [7, 11) is 1.67. The van der Waals surface area contributed by atoms with E-state index in [2.05, 4.69) is 12.1 Å². The number of aliphatic hydroxyl groups is 1. The molecule has 3 atom stereocenters. The van der Waals surface area contributed by atoms with E-state index in [1.807, 2.05) is 18.2 Å². The number of likely N-dealkylation sites (N-methyl/N-ethyl adjacent to an activating group) is 1. The van der Waals surface area contributed by atoms with Crippen LogP contribution in [-0.4, -0.2) is 41.9 Å². The quantitative estimate of drug-likeness (QED) is 0.919. The minimum atomic E-state index is -4.15. The molecule has 5 heteroatoms. The maximum absolute atomic E-state index is 12.3. The summed E-state index contributed by atoms with van der Waals surface area (Å²) < 4.78 is 37.0. The predicted molar refractivity (Wildman–Crippen MR) is 76.1 cm³/mol. The van der Waals surface area contributed by atoms with Gasteiger partial charge in [-0.05, 0) is 37.8 Å². The van der Waals surface area contributed by atoms with Crippen molar-refractivity contribution in [3.63, 3.8) is 0 Å². The number of rotatable bonds is 4. The molecule has 1 saturated carbocycles. The Labute approximate surface area is 123 Å². The highest BCUT2D eigenvalue weighted by atomic mass is 19.4. The maximum atomic E-state index is 12.3.